The number of aromatic nitrogens is 4. The molecular weight excluding hydrogens is 280 g/mol. The van der Waals surface area contributed by atoms with E-state index in [0.717, 1.165) is 32.2 Å². The molecule has 0 radical (unpaired) electrons. The first kappa shape index (κ1) is 13.8. The standard InChI is InChI=1S/C15H22N6O/c1-19-13-12(10-16-19)14(22)18-15(17-13)21-8-6-20(7-9-21)11-4-2-3-5-11/h10-11H,2-9H2,1H3,(H,17,18,22). The van der Waals surface area contributed by atoms with Crippen molar-refractivity contribution in [3.05, 3.63) is 16.6 Å². The Bertz CT molecular complexity index is 721. The van der Waals surface area contributed by atoms with E-state index in [4.69, 9.17) is 0 Å². The lowest BCUT2D eigenvalue weighted by Gasteiger charge is -2.38. The fourth-order valence-corrected chi connectivity index (χ4v) is 3.74. The van der Waals surface area contributed by atoms with Crippen LogP contribution in [0.15, 0.2) is 11.0 Å². The highest BCUT2D eigenvalue weighted by atomic mass is 16.1. The largest absolute Gasteiger partial charge is 0.340 e. The van der Waals surface area contributed by atoms with Crippen LogP contribution in [0.1, 0.15) is 25.7 Å². The quantitative estimate of drug-likeness (QED) is 0.885. The summed E-state index contributed by atoms with van der Waals surface area (Å²) in [5.41, 5.74) is 0.545. The molecule has 22 heavy (non-hydrogen) atoms. The lowest BCUT2D eigenvalue weighted by molar-refractivity contribution is 0.187. The van der Waals surface area contributed by atoms with Gasteiger partial charge in [-0.15, -0.1) is 0 Å². The van der Waals surface area contributed by atoms with Crippen LogP contribution in [0.4, 0.5) is 5.95 Å². The van der Waals surface area contributed by atoms with Gasteiger partial charge in [0.2, 0.25) is 5.95 Å². The minimum absolute atomic E-state index is 0.105. The third-order valence-electron chi connectivity index (χ3n) is 5.04. The first-order valence-corrected chi connectivity index (χ1v) is 8.13. The molecule has 2 aliphatic rings. The molecule has 0 bridgehead atoms. The molecule has 0 spiro atoms. The predicted molar refractivity (Wildman–Crippen MR) is 85.2 cm³/mol. The number of aryl methyl sites for hydroxylation is 1. The lowest BCUT2D eigenvalue weighted by Crippen LogP contribution is -2.50. The van der Waals surface area contributed by atoms with E-state index in [1.165, 1.54) is 25.7 Å². The number of piperazine rings is 1. The zero-order valence-electron chi connectivity index (χ0n) is 13.0. The predicted octanol–water partition coefficient (Wildman–Crippen LogP) is 0.721. The van der Waals surface area contributed by atoms with Crippen molar-refractivity contribution in [2.24, 2.45) is 7.05 Å². The van der Waals surface area contributed by atoms with Gasteiger partial charge in [0.05, 0.1) is 6.20 Å². The van der Waals surface area contributed by atoms with Crippen molar-refractivity contribution >= 4 is 17.0 Å². The average molecular weight is 302 g/mol. The van der Waals surface area contributed by atoms with E-state index in [2.05, 4.69) is 24.9 Å². The highest BCUT2D eigenvalue weighted by Gasteiger charge is 2.27. The zero-order chi connectivity index (χ0) is 15.1. The number of nitrogens with one attached hydrogen (secondary N) is 1. The SMILES string of the molecule is Cn1ncc2c(=O)[nH]c(N3CCN(C4CCCC4)CC3)nc21. The monoisotopic (exact) mass is 302 g/mol. The Kier molecular flexibility index (Phi) is 3.37. The molecule has 1 saturated heterocycles. The Labute approximate surface area is 128 Å². The molecule has 1 N–H and O–H groups in total. The van der Waals surface area contributed by atoms with Gasteiger partial charge in [-0.2, -0.15) is 10.1 Å². The fourth-order valence-electron chi connectivity index (χ4n) is 3.74. The summed E-state index contributed by atoms with van der Waals surface area (Å²) < 4.78 is 1.66. The molecule has 0 aromatic carbocycles. The molecule has 4 rings (SSSR count). The summed E-state index contributed by atoms with van der Waals surface area (Å²) in [5, 5.41) is 4.67. The average Bonchev–Trinajstić information content (AvgIpc) is 3.18. The number of aromatic amines is 1. The number of H-pyrrole nitrogens is 1. The van der Waals surface area contributed by atoms with Crippen LogP contribution in [0, 0.1) is 0 Å². The normalized spacial score (nSPS) is 21.0. The maximum atomic E-state index is 12.1. The number of hydrogen-bond acceptors (Lipinski definition) is 5. The molecule has 0 amide bonds. The molecule has 7 nitrogen and oxygen atoms in total. The summed E-state index contributed by atoms with van der Waals surface area (Å²) in [5.74, 6) is 0.673. The zero-order valence-corrected chi connectivity index (χ0v) is 13.0. The number of nitrogens with zero attached hydrogens (tertiary/aromatic N) is 5. The van der Waals surface area contributed by atoms with Gasteiger partial charge in [-0.05, 0) is 12.8 Å². The Morgan fingerprint density at radius 3 is 2.64 bits per heavy atom. The van der Waals surface area contributed by atoms with Crippen molar-refractivity contribution in [3.63, 3.8) is 0 Å². The van der Waals surface area contributed by atoms with Crippen molar-refractivity contribution in [2.45, 2.75) is 31.7 Å². The second kappa shape index (κ2) is 5.39. The van der Waals surface area contributed by atoms with Crippen LogP contribution < -0.4 is 10.5 Å². The van der Waals surface area contributed by atoms with Crippen LogP contribution in [0.25, 0.3) is 11.0 Å². The number of fused-ring (bicyclic) bond motifs is 1. The van der Waals surface area contributed by atoms with Gasteiger partial charge < -0.3 is 4.90 Å². The third-order valence-corrected chi connectivity index (χ3v) is 5.04. The molecular formula is C15H22N6O. The lowest BCUT2D eigenvalue weighted by atomic mass is 10.2. The van der Waals surface area contributed by atoms with Crippen LogP contribution in [0.3, 0.4) is 0 Å². The van der Waals surface area contributed by atoms with Crippen molar-refractivity contribution < 1.29 is 0 Å². The summed E-state index contributed by atoms with van der Waals surface area (Å²) in [7, 11) is 1.82. The first-order chi connectivity index (χ1) is 10.7. The fraction of sp³-hybridized carbons (Fsp3) is 0.667. The van der Waals surface area contributed by atoms with Crippen LogP contribution in [0.2, 0.25) is 0 Å². The Morgan fingerprint density at radius 2 is 1.91 bits per heavy atom. The van der Waals surface area contributed by atoms with Crippen LogP contribution in [-0.2, 0) is 7.05 Å². The molecule has 1 aliphatic heterocycles. The van der Waals surface area contributed by atoms with Crippen LogP contribution >= 0.6 is 0 Å². The topological polar surface area (TPSA) is 70.1 Å². The summed E-state index contributed by atoms with van der Waals surface area (Å²) in [6.45, 7) is 3.95. The number of hydrogen-bond donors (Lipinski definition) is 1. The third kappa shape index (κ3) is 2.29. The van der Waals surface area contributed by atoms with E-state index in [0.29, 0.717) is 17.0 Å². The van der Waals surface area contributed by atoms with E-state index in [9.17, 15) is 4.79 Å². The smallest absolute Gasteiger partial charge is 0.263 e. The highest BCUT2D eigenvalue weighted by molar-refractivity contribution is 5.74. The molecule has 118 valence electrons. The Morgan fingerprint density at radius 1 is 1.18 bits per heavy atom. The molecule has 3 heterocycles. The first-order valence-electron chi connectivity index (χ1n) is 8.13. The summed E-state index contributed by atoms with van der Waals surface area (Å²) in [6.07, 6.45) is 7.00. The van der Waals surface area contributed by atoms with Crippen molar-refractivity contribution in [3.8, 4) is 0 Å². The molecule has 2 aromatic heterocycles. The molecule has 1 saturated carbocycles. The van der Waals surface area contributed by atoms with E-state index in [-0.39, 0.29) is 5.56 Å². The second-order valence-corrected chi connectivity index (χ2v) is 6.36. The van der Waals surface area contributed by atoms with Crippen molar-refractivity contribution in [2.75, 3.05) is 31.1 Å². The van der Waals surface area contributed by atoms with Gasteiger partial charge >= 0.3 is 0 Å². The van der Waals surface area contributed by atoms with Gasteiger partial charge in [-0.3, -0.25) is 19.4 Å². The van der Waals surface area contributed by atoms with Gasteiger partial charge in [-0.25, -0.2) is 0 Å². The number of anilines is 1. The molecule has 2 fully saturated rings. The number of rotatable bonds is 2. The summed E-state index contributed by atoms with van der Waals surface area (Å²) >= 11 is 0. The van der Waals surface area contributed by atoms with Crippen LogP contribution in [-0.4, -0.2) is 56.9 Å². The maximum Gasteiger partial charge on any atom is 0.263 e. The maximum absolute atomic E-state index is 12.1. The van der Waals surface area contributed by atoms with Crippen molar-refractivity contribution in [1.29, 1.82) is 0 Å². The van der Waals surface area contributed by atoms with Gasteiger partial charge in [0.1, 0.15) is 5.39 Å². The minimum Gasteiger partial charge on any atom is -0.340 e. The van der Waals surface area contributed by atoms with Gasteiger partial charge in [0, 0.05) is 39.3 Å². The van der Waals surface area contributed by atoms with E-state index >= 15 is 0 Å². The molecule has 7 heteroatoms. The van der Waals surface area contributed by atoms with E-state index < -0.39 is 0 Å². The van der Waals surface area contributed by atoms with Crippen molar-refractivity contribution in [1.82, 2.24) is 24.6 Å². The minimum atomic E-state index is -0.105. The molecule has 0 atom stereocenters. The second-order valence-electron chi connectivity index (χ2n) is 6.36. The van der Waals surface area contributed by atoms with Crippen LogP contribution in [0.5, 0.6) is 0 Å². The van der Waals surface area contributed by atoms with E-state index in [1.807, 2.05) is 7.05 Å². The van der Waals surface area contributed by atoms with E-state index in [1.54, 1.807) is 10.9 Å². The molecule has 1 aliphatic carbocycles. The molecule has 0 unspecified atom stereocenters. The summed E-state index contributed by atoms with van der Waals surface area (Å²) in [4.78, 5) is 24.4. The van der Waals surface area contributed by atoms with Gasteiger partial charge in [-0.1, -0.05) is 12.8 Å². The molecule has 2 aromatic rings. The summed E-state index contributed by atoms with van der Waals surface area (Å²) in [6, 6.07) is 0.772. The Hall–Kier alpha value is -1.89. The van der Waals surface area contributed by atoms with Gasteiger partial charge in [0.25, 0.3) is 5.56 Å². The highest BCUT2D eigenvalue weighted by Crippen LogP contribution is 2.25. The Balaban J connectivity index is 1.53. The van der Waals surface area contributed by atoms with Gasteiger partial charge in [0.15, 0.2) is 5.65 Å².